The number of rotatable bonds is 26. The number of phosphoric acid groups is 2. The Kier molecular flexibility index (Phi) is 20.3. The molecule has 2 aliphatic rings. The lowest BCUT2D eigenvalue weighted by Crippen LogP contribution is -2.44. The van der Waals surface area contributed by atoms with Crippen molar-refractivity contribution in [2.24, 2.45) is 0 Å². The van der Waals surface area contributed by atoms with Gasteiger partial charge in [0.2, 0.25) is 0 Å². The summed E-state index contributed by atoms with van der Waals surface area (Å²) in [5.74, 6) is 0. The molecule has 12 unspecified atom stereocenters. The van der Waals surface area contributed by atoms with E-state index in [9.17, 15) is 64.2 Å². The Labute approximate surface area is 291 Å². The molecule has 2 fully saturated rings. The second kappa shape index (κ2) is 22.2. The number of unbranched alkanes of at least 4 members (excludes halogenated alkanes) is 3. The fourth-order valence-electron chi connectivity index (χ4n) is 4.63. The number of alkyl halides is 2. The maximum absolute atomic E-state index is 15.1. The molecule has 21 nitrogen and oxygen atoms in total. The smallest absolute Gasteiger partial charge is 0.394 e. The van der Waals surface area contributed by atoms with Crippen molar-refractivity contribution in [1.29, 1.82) is 0 Å². The predicted molar refractivity (Wildman–Crippen MR) is 162 cm³/mol. The van der Waals surface area contributed by atoms with Crippen LogP contribution in [0.3, 0.4) is 0 Å². The van der Waals surface area contributed by atoms with Crippen LogP contribution in [0.2, 0.25) is 0 Å². The molecule has 0 amide bonds. The molecule has 51 heavy (non-hydrogen) atoms. The first kappa shape index (κ1) is 46.7. The van der Waals surface area contributed by atoms with Crippen LogP contribution in [0.25, 0.3) is 0 Å². The quantitative estimate of drug-likeness (QED) is 0.0304. The van der Waals surface area contributed by atoms with Crippen LogP contribution >= 0.6 is 15.6 Å². The van der Waals surface area contributed by atoms with Crippen molar-refractivity contribution in [3.05, 3.63) is 0 Å². The van der Waals surface area contributed by atoms with Crippen LogP contribution in [0.1, 0.15) is 32.6 Å². The number of aliphatic hydroxyl groups is 9. The first-order chi connectivity index (χ1) is 23.9. The summed E-state index contributed by atoms with van der Waals surface area (Å²) in [6, 6.07) is 0. The number of hydrogen-bond acceptors (Lipinski definition) is 19. The van der Waals surface area contributed by atoms with E-state index in [4.69, 9.17) is 33.1 Å². The van der Waals surface area contributed by atoms with Gasteiger partial charge in [0.15, 0.2) is 24.9 Å². The van der Waals surface area contributed by atoms with Gasteiger partial charge in [-0.05, 0) is 6.42 Å². The molecule has 0 bridgehead atoms. The third kappa shape index (κ3) is 15.0. The third-order valence-corrected chi connectivity index (χ3v) is 9.62. The van der Waals surface area contributed by atoms with Crippen LogP contribution in [0.5, 0.6) is 0 Å². The summed E-state index contributed by atoms with van der Waals surface area (Å²) >= 11 is 0. The molecule has 0 radical (unpaired) electrons. The molecule has 0 spiro atoms. The highest BCUT2D eigenvalue weighted by Gasteiger charge is 2.50. The minimum Gasteiger partial charge on any atom is -0.394 e. The lowest BCUT2D eigenvalue weighted by Gasteiger charge is -2.26. The largest absolute Gasteiger partial charge is 0.472 e. The number of ether oxygens (including phenoxy) is 4. The van der Waals surface area contributed by atoms with E-state index >= 15 is 4.39 Å². The van der Waals surface area contributed by atoms with E-state index in [0.717, 1.165) is 19.3 Å². The van der Waals surface area contributed by atoms with Crippen molar-refractivity contribution in [1.82, 2.24) is 0 Å². The molecule has 304 valence electrons. The summed E-state index contributed by atoms with van der Waals surface area (Å²) in [6.45, 7) is -3.83. The molecule has 2 heterocycles. The van der Waals surface area contributed by atoms with Crippen LogP contribution in [0.15, 0.2) is 0 Å². The van der Waals surface area contributed by atoms with Crippen LogP contribution in [0.4, 0.5) is 8.78 Å². The molecular weight excluding hydrogens is 748 g/mol. The Morgan fingerprint density at radius 1 is 0.667 bits per heavy atom. The number of aliphatic hydroxyl groups excluding tert-OH is 9. The maximum atomic E-state index is 15.1. The zero-order chi connectivity index (χ0) is 38.5. The van der Waals surface area contributed by atoms with Crippen molar-refractivity contribution in [2.45, 2.75) is 119 Å². The Morgan fingerprint density at radius 2 is 1.14 bits per heavy atom. The van der Waals surface area contributed by atoms with Crippen LogP contribution < -0.4 is 0 Å². The Balaban J connectivity index is 1.80. The lowest BCUT2D eigenvalue weighted by molar-refractivity contribution is -0.185. The van der Waals surface area contributed by atoms with E-state index in [1.807, 2.05) is 6.92 Å². The van der Waals surface area contributed by atoms with Gasteiger partial charge in [-0.15, -0.1) is 0 Å². The van der Waals surface area contributed by atoms with Gasteiger partial charge in [0.25, 0.3) is 0 Å². The molecule has 0 aliphatic carbocycles. The van der Waals surface area contributed by atoms with Crippen LogP contribution in [0, 0.1) is 0 Å². The minimum absolute atomic E-state index is 0.0979. The summed E-state index contributed by atoms with van der Waals surface area (Å²) in [4.78, 5) is 19.8. The van der Waals surface area contributed by atoms with Crippen LogP contribution in [-0.2, 0) is 46.2 Å². The monoisotopic (exact) mass is 798 g/mol. The average Bonchev–Trinajstić information content (AvgIpc) is 3.55. The number of halogens is 2. The first-order valence-corrected chi connectivity index (χ1v) is 18.9. The summed E-state index contributed by atoms with van der Waals surface area (Å²) in [7, 11) is -9.91. The van der Waals surface area contributed by atoms with Crippen molar-refractivity contribution in [3.8, 4) is 0 Å². The molecule has 25 heteroatoms. The topological polar surface area (TPSA) is 331 Å². The Bertz CT molecular complexity index is 1090. The van der Waals surface area contributed by atoms with Gasteiger partial charge in [0.05, 0.1) is 46.2 Å². The number of hydrogen-bond donors (Lipinski definition) is 11. The Hall–Kier alpha value is -0.440. The van der Waals surface area contributed by atoms with E-state index in [1.165, 1.54) is 0 Å². The average molecular weight is 799 g/mol. The normalized spacial score (nSPS) is 32.9. The highest BCUT2D eigenvalue weighted by atomic mass is 31.2. The molecule has 11 N–H and O–H groups in total. The molecule has 0 saturated carbocycles. The summed E-state index contributed by atoms with van der Waals surface area (Å²) in [5, 5.41) is 88.8. The zero-order valence-electron chi connectivity index (χ0n) is 27.5. The third-order valence-electron chi connectivity index (χ3n) is 7.65. The van der Waals surface area contributed by atoms with Gasteiger partial charge in [-0.1, -0.05) is 26.2 Å². The molecule has 2 aliphatic heterocycles. The molecule has 0 aromatic rings. The lowest BCUT2D eigenvalue weighted by atomic mass is 10.1. The fraction of sp³-hybridized carbons (Fsp3) is 1.00. The highest BCUT2D eigenvalue weighted by Crippen LogP contribution is 2.48. The first-order valence-electron chi connectivity index (χ1n) is 16.0. The van der Waals surface area contributed by atoms with Crippen molar-refractivity contribution in [2.75, 3.05) is 46.2 Å². The summed E-state index contributed by atoms with van der Waals surface area (Å²) in [5.41, 5.74) is 0. The zero-order valence-corrected chi connectivity index (χ0v) is 29.3. The van der Waals surface area contributed by atoms with E-state index in [2.05, 4.69) is 9.05 Å². The van der Waals surface area contributed by atoms with E-state index in [1.54, 1.807) is 0 Å². The van der Waals surface area contributed by atoms with E-state index in [0.29, 0.717) is 6.42 Å². The molecule has 2 rings (SSSR count). The van der Waals surface area contributed by atoms with Gasteiger partial charge >= 0.3 is 15.6 Å². The summed E-state index contributed by atoms with van der Waals surface area (Å²) in [6.07, 6.45) is -24.2. The summed E-state index contributed by atoms with van der Waals surface area (Å²) < 4.78 is 92.1. The van der Waals surface area contributed by atoms with E-state index in [-0.39, 0.29) is 6.61 Å². The van der Waals surface area contributed by atoms with Gasteiger partial charge in [-0.3, -0.25) is 18.1 Å². The minimum atomic E-state index is -5.32. The predicted octanol–water partition coefficient (Wildman–Crippen LogP) is -3.13. The van der Waals surface area contributed by atoms with E-state index < -0.39 is 141 Å². The standard InChI is InChI=1S/C26H50F2O21P2/c1-2-3-4-5-6-44-50(38,39)45-11-15(33)21(35)14(32)10-43-26-20(28)24(18(8-30)48-26)49-51(40,41)46-12-16(34)22(36)13(31)9-42-25-19(27)23(37)17(7-29)47-25/h13-26,29-37H,2-12H2,1H3,(H,38,39)(H,40,41)/t13?,14?,15?,16?,17-,18-,19?,20?,21?,22?,23?,24?,25-,26-/m1/s1. The molecule has 0 aromatic heterocycles. The second-order valence-electron chi connectivity index (χ2n) is 11.7. The van der Waals surface area contributed by atoms with Crippen molar-refractivity contribution < 1.29 is 111 Å². The van der Waals surface area contributed by atoms with Gasteiger partial charge < -0.3 is 74.7 Å². The highest BCUT2D eigenvalue weighted by molar-refractivity contribution is 7.47. The van der Waals surface area contributed by atoms with Crippen LogP contribution in [-0.4, -0.2) is 188 Å². The van der Waals surface area contributed by atoms with Gasteiger partial charge in [0, 0.05) is 0 Å². The maximum Gasteiger partial charge on any atom is 0.472 e. The second-order valence-corrected chi connectivity index (χ2v) is 14.6. The molecule has 16 atom stereocenters. The number of phosphoric ester groups is 2. The van der Waals surface area contributed by atoms with Crippen molar-refractivity contribution in [3.63, 3.8) is 0 Å². The van der Waals surface area contributed by atoms with Crippen molar-refractivity contribution >= 4 is 15.6 Å². The van der Waals surface area contributed by atoms with Gasteiger partial charge in [-0.25, -0.2) is 17.9 Å². The Morgan fingerprint density at radius 3 is 1.63 bits per heavy atom. The van der Waals surface area contributed by atoms with Gasteiger partial charge in [-0.2, -0.15) is 0 Å². The molecular formula is C26H50F2O21P2. The SMILES string of the molecule is CCCCCCOP(=O)(O)OCC(O)C(O)C(O)CO[C@@H]1O[C@H](CO)C(OP(=O)(O)OCC(O)C(O)C(O)CO[C@@H]2O[C@H](CO)C(O)C2F)C1F. The van der Waals surface area contributed by atoms with Gasteiger partial charge in [0.1, 0.15) is 61.0 Å². The fourth-order valence-corrected chi connectivity index (χ4v) is 6.37. The molecule has 0 aromatic carbocycles. The molecule has 2 saturated heterocycles.